The van der Waals surface area contributed by atoms with Crippen LogP contribution in [-0.2, 0) is 0 Å². The van der Waals surface area contributed by atoms with Crippen LogP contribution in [0.2, 0.25) is 0 Å². The van der Waals surface area contributed by atoms with Crippen molar-refractivity contribution in [3.63, 3.8) is 0 Å². The molecule has 0 radical (unpaired) electrons. The summed E-state index contributed by atoms with van der Waals surface area (Å²) in [6.45, 7) is 0. The fourth-order valence-electron chi connectivity index (χ4n) is 1.30. The first kappa shape index (κ1) is 8.67. The Morgan fingerprint density at radius 2 is 0.929 bits per heavy atom. The molecule has 0 N–H and O–H groups in total. The van der Waals surface area contributed by atoms with E-state index in [-0.39, 0.29) is 11.8 Å². The van der Waals surface area contributed by atoms with Crippen LogP contribution in [-0.4, -0.2) is 0 Å². The van der Waals surface area contributed by atoms with Gasteiger partial charge in [0.05, 0.1) is 11.8 Å². The lowest BCUT2D eigenvalue weighted by Gasteiger charge is -1.87. The minimum atomic E-state index is 0.263. The van der Waals surface area contributed by atoms with Crippen LogP contribution in [0.3, 0.4) is 0 Å². The van der Waals surface area contributed by atoms with Gasteiger partial charge < -0.3 is 0 Å². The molecule has 0 heterocycles. The molecule has 0 spiro atoms. The molecule has 2 rings (SSSR count). The van der Waals surface area contributed by atoms with E-state index in [9.17, 15) is 0 Å². The van der Waals surface area contributed by atoms with Crippen molar-refractivity contribution in [2.24, 2.45) is 11.8 Å². The van der Waals surface area contributed by atoms with E-state index in [1.54, 1.807) is 0 Å². The van der Waals surface area contributed by atoms with Crippen LogP contribution in [0, 0.1) is 35.5 Å². The normalized spacial score (nSPS) is 18.0. The fourth-order valence-corrected chi connectivity index (χ4v) is 1.30. The van der Waals surface area contributed by atoms with E-state index in [4.69, 9.17) is 0 Å². The molecule has 0 fully saturated rings. The topological polar surface area (TPSA) is 0 Å². The molecule has 0 amide bonds. The van der Waals surface area contributed by atoms with Crippen molar-refractivity contribution in [2.75, 3.05) is 0 Å². The summed E-state index contributed by atoms with van der Waals surface area (Å²) in [6, 6.07) is 0. The Kier molecular flexibility index (Phi) is 2.70. The van der Waals surface area contributed by atoms with Gasteiger partial charge in [0.1, 0.15) is 0 Å². The average Bonchev–Trinajstić information content (AvgIpc) is 2.86. The highest BCUT2D eigenvalue weighted by molar-refractivity contribution is 5.37. The van der Waals surface area contributed by atoms with Crippen molar-refractivity contribution in [3.8, 4) is 23.7 Å². The number of hydrogen-bond acceptors (Lipinski definition) is 0. The summed E-state index contributed by atoms with van der Waals surface area (Å²) in [5, 5.41) is 0. The van der Waals surface area contributed by atoms with Crippen LogP contribution in [0.5, 0.6) is 0 Å². The molecule has 0 aromatic heterocycles. The van der Waals surface area contributed by atoms with Gasteiger partial charge in [-0.3, -0.25) is 0 Å². The molecule has 0 aromatic carbocycles. The van der Waals surface area contributed by atoms with Crippen LogP contribution >= 0.6 is 0 Å². The van der Waals surface area contributed by atoms with E-state index >= 15 is 0 Å². The molecule has 2 aliphatic carbocycles. The standard InChI is InChI=1S/C14H10/c1-2-8-13(7-1)11-5-6-12-14-9-3-4-10-14/h1-4,7-10,13-14H. The Morgan fingerprint density at radius 3 is 1.29 bits per heavy atom. The molecule has 0 bridgehead atoms. The summed E-state index contributed by atoms with van der Waals surface area (Å²) in [5.74, 6) is 12.4. The first-order valence-electron chi connectivity index (χ1n) is 4.66. The monoisotopic (exact) mass is 178 g/mol. The van der Waals surface area contributed by atoms with Crippen molar-refractivity contribution in [3.05, 3.63) is 48.6 Å². The summed E-state index contributed by atoms with van der Waals surface area (Å²) in [7, 11) is 0. The summed E-state index contributed by atoms with van der Waals surface area (Å²) in [6.07, 6.45) is 16.3. The van der Waals surface area contributed by atoms with Crippen molar-refractivity contribution < 1.29 is 0 Å². The maximum Gasteiger partial charge on any atom is 0.0579 e. The second-order valence-electron chi connectivity index (χ2n) is 3.13. The molecule has 0 saturated heterocycles. The molecule has 14 heavy (non-hydrogen) atoms. The first-order valence-corrected chi connectivity index (χ1v) is 4.66. The first-order chi connectivity index (χ1) is 6.95. The number of allylic oxidation sites excluding steroid dienone is 8. The largest absolute Gasteiger partial charge is 0.0773 e. The number of hydrogen-bond donors (Lipinski definition) is 0. The zero-order chi connectivity index (χ0) is 9.64. The van der Waals surface area contributed by atoms with Gasteiger partial charge in [-0.05, 0) is 11.8 Å². The van der Waals surface area contributed by atoms with Crippen LogP contribution in [0.15, 0.2) is 48.6 Å². The highest BCUT2D eigenvalue weighted by atomic mass is 14.0. The Bertz CT molecular complexity index is 368. The second kappa shape index (κ2) is 4.35. The van der Waals surface area contributed by atoms with Crippen molar-refractivity contribution in [1.82, 2.24) is 0 Å². The van der Waals surface area contributed by atoms with Crippen LogP contribution < -0.4 is 0 Å². The lowest BCUT2D eigenvalue weighted by Crippen LogP contribution is -1.82. The SMILES string of the molecule is C(C#CC1C=CC=C1)#CC1C=CC=C1. The summed E-state index contributed by atoms with van der Waals surface area (Å²) >= 11 is 0. The molecule has 0 saturated carbocycles. The van der Waals surface area contributed by atoms with Gasteiger partial charge in [-0.25, -0.2) is 0 Å². The van der Waals surface area contributed by atoms with Gasteiger partial charge in [0.25, 0.3) is 0 Å². The summed E-state index contributed by atoms with van der Waals surface area (Å²) in [5.41, 5.74) is 0. The highest BCUT2D eigenvalue weighted by Crippen LogP contribution is 2.07. The number of rotatable bonds is 0. The van der Waals surface area contributed by atoms with Crippen molar-refractivity contribution in [1.29, 1.82) is 0 Å². The minimum Gasteiger partial charge on any atom is -0.0773 e. The molecular formula is C14H10. The quantitative estimate of drug-likeness (QED) is 0.500. The van der Waals surface area contributed by atoms with Gasteiger partial charge in [0, 0.05) is 0 Å². The van der Waals surface area contributed by atoms with Gasteiger partial charge in [-0.2, -0.15) is 0 Å². The summed E-state index contributed by atoms with van der Waals surface area (Å²) in [4.78, 5) is 0. The smallest absolute Gasteiger partial charge is 0.0579 e. The highest BCUT2D eigenvalue weighted by Gasteiger charge is 1.97. The Labute approximate surface area is 84.7 Å². The third-order valence-electron chi connectivity index (χ3n) is 2.04. The fraction of sp³-hybridized carbons (Fsp3) is 0.143. The predicted molar refractivity (Wildman–Crippen MR) is 59.1 cm³/mol. The molecule has 0 atom stereocenters. The van der Waals surface area contributed by atoms with Gasteiger partial charge in [0.15, 0.2) is 0 Å². The zero-order valence-electron chi connectivity index (χ0n) is 7.77. The van der Waals surface area contributed by atoms with Crippen LogP contribution in [0.4, 0.5) is 0 Å². The zero-order valence-corrected chi connectivity index (χ0v) is 7.77. The third-order valence-corrected chi connectivity index (χ3v) is 2.04. The molecular weight excluding hydrogens is 168 g/mol. The summed E-state index contributed by atoms with van der Waals surface area (Å²) < 4.78 is 0. The van der Waals surface area contributed by atoms with Crippen molar-refractivity contribution in [2.45, 2.75) is 0 Å². The molecule has 0 aliphatic heterocycles. The van der Waals surface area contributed by atoms with Crippen molar-refractivity contribution >= 4 is 0 Å². The predicted octanol–water partition coefficient (Wildman–Crippen LogP) is 2.48. The molecule has 0 nitrogen and oxygen atoms in total. The van der Waals surface area contributed by atoms with Crippen LogP contribution in [0.25, 0.3) is 0 Å². The van der Waals surface area contributed by atoms with Crippen LogP contribution in [0.1, 0.15) is 0 Å². The van der Waals surface area contributed by atoms with Gasteiger partial charge in [0.2, 0.25) is 0 Å². The average molecular weight is 178 g/mol. The Morgan fingerprint density at radius 1 is 0.571 bits per heavy atom. The van der Waals surface area contributed by atoms with E-state index in [0.717, 1.165) is 0 Å². The Balaban J connectivity index is 1.91. The van der Waals surface area contributed by atoms with Gasteiger partial charge in [-0.1, -0.05) is 60.4 Å². The Hall–Kier alpha value is -1.92. The molecule has 66 valence electrons. The van der Waals surface area contributed by atoms with Gasteiger partial charge in [-0.15, -0.1) is 0 Å². The van der Waals surface area contributed by atoms with E-state index in [1.165, 1.54) is 0 Å². The molecule has 2 aliphatic rings. The maximum atomic E-state index is 3.06. The maximum absolute atomic E-state index is 3.06. The second-order valence-corrected chi connectivity index (χ2v) is 3.13. The van der Waals surface area contributed by atoms with E-state index in [0.29, 0.717) is 0 Å². The lowest BCUT2D eigenvalue weighted by molar-refractivity contribution is 1.14. The van der Waals surface area contributed by atoms with E-state index in [2.05, 4.69) is 48.0 Å². The van der Waals surface area contributed by atoms with E-state index in [1.807, 2.05) is 24.3 Å². The third kappa shape index (κ3) is 2.28. The molecule has 0 heteroatoms. The van der Waals surface area contributed by atoms with Gasteiger partial charge >= 0.3 is 0 Å². The molecule has 0 aromatic rings. The minimum absolute atomic E-state index is 0.263. The lowest BCUT2D eigenvalue weighted by atomic mass is 10.1. The molecule has 0 unspecified atom stereocenters. The van der Waals surface area contributed by atoms with E-state index < -0.39 is 0 Å².